The van der Waals surface area contributed by atoms with Gasteiger partial charge < -0.3 is 27.5 Å². The summed E-state index contributed by atoms with van der Waals surface area (Å²) in [6, 6.07) is 68.5. The van der Waals surface area contributed by atoms with Crippen LogP contribution in [0, 0.1) is 0 Å². The number of rotatable bonds is 7. The number of benzene rings is 9. The number of fused-ring (bicyclic) bond motifs is 10. The largest absolute Gasteiger partial charge is 0.456 e. The molecule has 7 heteroatoms. The Morgan fingerprint density at radius 3 is 1.47 bits per heavy atom. The monoisotopic (exact) mass is 799 g/mol. The molecular weight excluding hydrogens is 767 g/mol. The van der Waals surface area contributed by atoms with Gasteiger partial charge in [0.25, 0.3) is 0 Å². The van der Waals surface area contributed by atoms with Gasteiger partial charge >= 0.3 is 0 Å². The van der Waals surface area contributed by atoms with Crippen LogP contribution < -0.4 is 9.80 Å². The zero-order valence-electron chi connectivity index (χ0n) is 33.0. The zero-order valence-corrected chi connectivity index (χ0v) is 33.0. The van der Waals surface area contributed by atoms with Gasteiger partial charge in [-0.25, -0.2) is 4.98 Å². The quantitative estimate of drug-likeness (QED) is 0.159. The van der Waals surface area contributed by atoms with Gasteiger partial charge in [-0.3, -0.25) is 0 Å². The van der Waals surface area contributed by atoms with Gasteiger partial charge in [0.05, 0.1) is 11.4 Å². The van der Waals surface area contributed by atoms with Crippen molar-refractivity contribution in [2.75, 3.05) is 9.80 Å². The average Bonchev–Trinajstić information content (AvgIpc) is 4.11. The Morgan fingerprint density at radius 2 is 0.823 bits per heavy atom. The summed E-state index contributed by atoms with van der Waals surface area (Å²) in [5.41, 5.74) is 12.7. The molecule has 0 N–H and O–H groups in total. The lowest BCUT2D eigenvalue weighted by molar-refractivity contribution is 0.620. The van der Waals surface area contributed by atoms with Crippen molar-refractivity contribution in [3.8, 4) is 11.5 Å². The molecule has 9 aromatic carbocycles. The zero-order chi connectivity index (χ0) is 40.7. The second-order valence-corrected chi connectivity index (χ2v) is 15.5. The molecule has 0 atom stereocenters. The fraction of sp³-hybridized carbons (Fsp3) is 0. The van der Waals surface area contributed by atoms with Crippen LogP contribution in [0.4, 0.5) is 34.1 Å². The molecule has 62 heavy (non-hydrogen) atoms. The molecule has 4 aromatic heterocycles. The van der Waals surface area contributed by atoms with Crippen LogP contribution in [0.2, 0.25) is 0 Å². The van der Waals surface area contributed by atoms with Crippen LogP contribution in [0.3, 0.4) is 0 Å². The van der Waals surface area contributed by atoms with E-state index in [1.165, 1.54) is 0 Å². The summed E-state index contributed by atoms with van der Waals surface area (Å²) in [5, 5.41) is 6.14. The number of hydrogen-bond donors (Lipinski definition) is 0. The summed E-state index contributed by atoms with van der Waals surface area (Å²) in [7, 11) is 0. The van der Waals surface area contributed by atoms with E-state index >= 15 is 0 Å². The predicted molar refractivity (Wildman–Crippen MR) is 251 cm³/mol. The Bertz CT molecular complexity index is 3840. The van der Waals surface area contributed by atoms with Gasteiger partial charge in [0.15, 0.2) is 5.58 Å². The van der Waals surface area contributed by atoms with E-state index in [4.69, 9.17) is 22.7 Å². The maximum atomic E-state index is 7.08. The van der Waals surface area contributed by atoms with Crippen LogP contribution in [0.15, 0.2) is 218 Å². The van der Waals surface area contributed by atoms with Crippen molar-refractivity contribution in [1.82, 2.24) is 4.98 Å². The molecule has 4 heterocycles. The standard InChI is InChI=1S/C55H33N3O4/c1-3-14-34(15-4-1)57(36-26-28-50-43(30-36)39-18-7-10-22-47(39)59-50)38-32-45-54(62-55(56-45)42-21-13-25-52-53(42)41-20-9-12-24-49(41)61-52)46(33-38)58(35-16-5-2-6-17-35)37-27-29-51-44(31-37)40-19-8-11-23-48(40)60-51/h1-33H. The Morgan fingerprint density at radius 1 is 0.323 bits per heavy atom. The normalized spacial score (nSPS) is 11.9. The van der Waals surface area contributed by atoms with E-state index in [1.807, 2.05) is 72.8 Å². The van der Waals surface area contributed by atoms with Gasteiger partial charge in [0.1, 0.15) is 39.0 Å². The number of para-hydroxylation sites is 5. The van der Waals surface area contributed by atoms with E-state index in [0.717, 1.165) is 106 Å². The van der Waals surface area contributed by atoms with Crippen molar-refractivity contribution in [3.63, 3.8) is 0 Å². The first-order valence-electron chi connectivity index (χ1n) is 20.6. The Labute approximate surface area is 353 Å². The Kier molecular flexibility index (Phi) is 7.47. The average molecular weight is 800 g/mol. The number of furan rings is 3. The highest BCUT2D eigenvalue weighted by Gasteiger charge is 2.26. The molecule has 0 unspecified atom stereocenters. The molecule has 0 fully saturated rings. The smallest absolute Gasteiger partial charge is 0.228 e. The van der Waals surface area contributed by atoms with Crippen LogP contribution in [-0.2, 0) is 0 Å². The molecule has 0 saturated heterocycles. The van der Waals surface area contributed by atoms with Crippen LogP contribution in [0.1, 0.15) is 0 Å². The van der Waals surface area contributed by atoms with Crippen molar-refractivity contribution in [2.24, 2.45) is 0 Å². The van der Waals surface area contributed by atoms with E-state index in [0.29, 0.717) is 17.0 Å². The van der Waals surface area contributed by atoms with E-state index in [9.17, 15) is 0 Å². The van der Waals surface area contributed by atoms with Gasteiger partial charge in [-0.05, 0) is 103 Å². The molecule has 7 nitrogen and oxygen atoms in total. The Balaban J connectivity index is 1.10. The molecule has 0 amide bonds. The maximum absolute atomic E-state index is 7.08. The van der Waals surface area contributed by atoms with E-state index in [-0.39, 0.29) is 0 Å². The van der Waals surface area contributed by atoms with Gasteiger partial charge in [-0.1, -0.05) is 97.1 Å². The molecule has 0 spiro atoms. The maximum Gasteiger partial charge on any atom is 0.228 e. The summed E-state index contributed by atoms with van der Waals surface area (Å²) < 4.78 is 26.0. The molecule has 13 rings (SSSR count). The number of anilines is 6. The fourth-order valence-electron chi connectivity index (χ4n) is 9.10. The van der Waals surface area contributed by atoms with Crippen molar-refractivity contribution in [3.05, 3.63) is 200 Å². The molecule has 292 valence electrons. The highest BCUT2D eigenvalue weighted by molar-refractivity contribution is 6.13. The first-order valence-corrected chi connectivity index (χ1v) is 20.6. The molecular formula is C55H33N3O4. The van der Waals surface area contributed by atoms with Crippen molar-refractivity contribution in [1.29, 1.82) is 0 Å². The molecule has 0 aliphatic rings. The summed E-state index contributed by atoms with van der Waals surface area (Å²) in [6.07, 6.45) is 0. The van der Waals surface area contributed by atoms with Gasteiger partial charge in [-0.15, -0.1) is 0 Å². The number of aromatic nitrogens is 1. The third kappa shape index (κ3) is 5.35. The second-order valence-electron chi connectivity index (χ2n) is 15.5. The Hall–Kier alpha value is -8.55. The van der Waals surface area contributed by atoms with Gasteiger partial charge in [0.2, 0.25) is 5.89 Å². The lowest BCUT2D eigenvalue weighted by Gasteiger charge is -2.29. The minimum absolute atomic E-state index is 0.498. The highest BCUT2D eigenvalue weighted by atomic mass is 16.4. The summed E-state index contributed by atoms with van der Waals surface area (Å²) in [4.78, 5) is 9.89. The van der Waals surface area contributed by atoms with Gasteiger partial charge in [-0.2, -0.15) is 0 Å². The topological polar surface area (TPSA) is 71.9 Å². The van der Waals surface area contributed by atoms with E-state index < -0.39 is 0 Å². The SMILES string of the molecule is c1ccc(N(c2cc(N(c3ccccc3)c3ccc4oc5ccccc5c4c3)c3oc(-c4cccc5oc6ccccc6c45)nc3c2)c2ccc3oc4ccccc4c3c2)cc1. The minimum atomic E-state index is 0.498. The van der Waals surface area contributed by atoms with Crippen LogP contribution >= 0.6 is 0 Å². The number of hydrogen-bond acceptors (Lipinski definition) is 7. The van der Waals surface area contributed by atoms with Crippen molar-refractivity contribution < 1.29 is 17.7 Å². The number of oxazole rings is 1. The molecule has 13 aromatic rings. The summed E-state index contributed by atoms with van der Waals surface area (Å²) >= 11 is 0. The highest BCUT2D eigenvalue weighted by Crippen LogP contribution is 2.48. The molecule has 0 aliphatic carbocycles. The lowest BCUT2D eigenvalue weighted by atomic mass is 10.1. The van der Waals surface area contributed by atoms with E-state index in [2.05, 4.69) is 137 Å². The molecule has 0 bridgehead atoms. The first kappa shape index (κ1) is 34.3. The fourth-order valence-corrected chi connectivity index (χ4v) is 9.10. The number of nitrogens with zero attached hydrogens (tertiary/aromatic N) is 3. The van der Waals surface area contributed by atoms with Crippen molar-refractivity contribution >= 4 is 111 Å². The molecule has 0 saturated carbocycles. The minimum Gasteiger partial charge on any atom is -0.456 e. The third-order valence-corrected chi connectivity index (χ3v) is 11.9. The summed E-state index contributed by atoms with van der Waals surface area (Å²) in [6.45, 7) is 0. The second kappa shape index (κ2) is 13.5. The van der Waals surface area contributed by atoms with Crippen LogP contribution in [0.5, 0.6) is 0 Å². The first-order chi connectivity index (χ1) is 30.7. The predicted octanol–water partition coefficient (Wildman–Crippen LogP) is 16.1. The van der Waals surface area contributed by atoms with Crippen LogP contribution in [-0.4, -0.2) is 4.98 Å². The van der Waals surface area contributed by atoms with Crippen LogP contribution in [0.25, 0.3) is 88.4 Å². The van der Waals surface area contributed by atoms with E-state index in [1.54, 1.807) is 0 Å². The molecule has 0 radical (unpaired) electrons. The van der Waals surface area contributed by atoms with Crippen molar-refractivity contribution in [2.45, 2.75) is 0 Å². The lowest BCUT2D eigenvalue weighted by Crippen LogP contribution is -2.13. The van der Waals surface area contributed by atoms with Gasteiger partial charge in [0, 0.05) is 60.6 Å². The third-order valence-electron chi connectivity index (χ3n) is 11.9. The molecule has 0 aliphatic heterocycles. The summed E-state index contributed by atoms with van der Waals surface area (Å²) in [5.74, 6) is 0.498.